The van der Waals surface area contributed by atoms with E-state index in [1.54, 1.807) is 0 Å². The van der Waals surface area contributed by atoms with Gasteiger partial charge < -0.3 is 0 Å². The van der Waals surface area contributed by atoms with Crippen LogP contribution in [-0.2, 0) is 0 Å². The highest BCUT2D eigenvalue weighted by Crippen LogP contribution is 2.34. The molecule has 0 unspecified atom stereocenters. The Labute approximate surface area is 175 Å². The maximum absolute atomic E-state index is 6.18. The molecule has 0 bridgehead atoms. The van der Waals surface area contributed by atoms with Crippen LogP contribution in [0, 0.1) is 0 Å². The van der Waals surface area contributed by atoms with Gasteiger partial charge in [-0.15, -0.1) is 10.2 Å². The molecule has 0 aliphatic carbocycles. The lowest BCUT2D eigenvalue weighted by Gasteiger charge is -2.11. The van der Waals surface area contributed by atoms with Gasteiger partial charge in [0.05, 0.1) is 11.4 Å². The first kappa shape index (κ1) is 17.8. The predicted octanol–water partition coefficient (Wildman–Crippen LogP) is 6.59. The van der Waals surface area contributed by atoms with Gasteiger partial charge in [0.2, 0.25) is 0 Å². The fourth-order valence-corrected chi connectivity index (χ4v) is 3.39. The first-order chi connectivity index (χ1) is 12.5. The second kappa shape index (κ2) is 7.19. The molecule has 4 rings (SSSR count). The van der Waals surface area contributed by atoms with E-state index in [0.717, 1.165) is 20.1 Å². The van der Waals surface area contributed by atoms with Gasteiger partial charge in [-0.3, -0.25) is 0 Å². The van der Waals surface area contributed by atoms with Gasteiger partial charge in [-0.1, -0.05) is 79.3 Å². The minimum absolute atomic E-state index is 0.164. The van der Waals surface area contributed by atoms with E-state index in [1.807, 2.05) is 48.5 Å². The monoisotopic (exact) mass is 508 g/mol. The van der Waals surface area contributed by atoms with E-state index in [9.17, 15) is 0 Å². The normalized spacial score (nSPS) is 11.1. The number of aromatic nitrogens is 4. The van der Waals surface area contributed by atoms with Crippen LogP contribution in [0.4, 0.5) is 0 Å². The summed E-state index contributed by atoms with van der Waals surface area (Å²) in [5, 5.41) is 8.00. The van der Waals surface area contributed by atoms with Crippen molar-refractivity contribution in [1.82, 2.24) is 20.2 Å². The second-order valence-electron chi connectivity index (χ2n) is 5.41. The minimum Gasteiger partial charge on any atom is -0.240 e. The Bertz CT molecular complexity index is 1030. The topological polar surface area (TPSA) is 51.6 Å². The molecule has 0 fully saturated rings. The molecule has 0 spiro atoms. The third-order valence-corrected chi connectivity index (χ3v) is 5.31. The van der Waals surface area contributed by atoms with Crippen LogP contribution in [0.25, 0.3) is 33.5 Å². The molecule has 4 aromatic rings. The van der Waals surface area contributed by atoms with Crippen LogP contribution >= 0.6 is 55.1 Å². The standard InChI is InChI=1S/C18H8Br2Cl2N4/c19-11-5-1-9(2-6-11)13-14(10-3-7-12(20)8-4-10)24-16-15(23-13)17(21)25-26-18(16)22/h1-8H. The summed E-state index contributed by atoms with van der Waals surface area (Å²) in [5.74, 6) is 0. The van der Waals surface area contributed by atoms with Crippen LogP contribution in [0.5, 0.6) is 0 Å². The molecule has 0 aliphatic heterocycles. The molecule has 4 nitrogen and oxygen atoms in total. The fraction of sp³-hybridized carbons (Fsp3) is 0. The lowest BCUT2D eigenvalue weighted by Crippen LogP contribution is -1.99. The summed E-state index contributed by atoms with van der Waals surface area (Å²) in [4.78, 5) is 9.45. The summed E-state index contributed by atoms with van der Waals surface area (Å²) in [7, 11) is 0. The van der Waals surface area contributed by atoms with E-state index in [4.69, 9.17) is 33.2 Å². The molecule has 2 aromatic carbocycles. The summed E-state index contributed by atoms with van der Waals surface area (Å²) in [6, 6.07) is 15.7. The fourth-order valence-electron chi connectivity index (χ4n) is 2.52. The van der Waals surface area contributed by atoms with E-state index in [1.165, 1.54) is 0 Å². The molecular formula is C18H8Br2Cl2N4. The van der Waals surface area contributed by atoms with Gasteiger partial charge in [-0.2, -0.15) is 0 Å². The number of hydrogen-bond acceptors (Lipinski definition) is 4. The molecule has 8 heteroatoms. The van der Waals surface area contributed by atoms with Gasteiger partial charge >= 0.3 is 0 Å². The Balaban J connectivity index is 2.06. The summed E-state index contributed by atoms with van der Waals surface area (Å²) < 4.78 is 1.96. The van der Waals surface area contributed by atoms with E-state index < -0.39 is 0 Å². The van der Waals surface area contributed by atoms with Crippen LogP contribution in [0.15, 0.2) is 57.5 Å². The zero-order chi connectivity index (χ0) is 18.3. The highest BCUT2D eigenvalue weighted by molar-refractivity contribution is 9.10. The molecule has 26 heavy (non-hydrogen) atoms. The number of nitrogens with zero attached hydrogens (tertiary/aromatic N) is 4. The van der Waals surface area contributed by atoms with E-state index >= 15 is 0 Å². The Morgan fingerprint density at radius 2 is 0.923 bits per heavy atom. The Hall–Kier alpha value is -1.60. The van der Waals surface area contributed by atoms with Gasteiger partial charge in [0, 0.05) is 20.1 Å². The van der Waals surface area contributed by atoms with Crippen molar-refractivity contribution in [3.05, 3.63) is 67.8 Å². The highest BCUT2D eigenvalue weighted by Gasteiger charge is 2.17. The number of benzene rings is 2. The molecule has 128 valence electrons. The third-order valence-electron chi connectivity index (χ3n) is 3.75. The molecular weight excluding hydrogens is 503 g/mol. The smallest absolute Gasteiger partial charge is 0.179 e. The number of halogens is 4. The number of hydrogen-bond donors (Lipinski definition) is 0. The summed E-state index contributed by atoms with van der Waals surface area (Å²) in [6.07, 6.45) is 0. The van der Waals surface area contributed by atoms with Crippen molar-refractivity contribution in [2.24, 2.45) is 0 Å². The maximum atomic E-state index is 6.18. The van der Waals surface area contributed by atoms with Crippen LogP contribution in [0.3, 0.4) is 0 Å². The molecule has 0 aliphatic rings. The summed E-state index contributed by atoms with van der Waals surface area (Å²) >= 11 is 19.3. The summed E-state index contributed by atoms with van der Waals surface area (Å²) in [5.41, 5.74) is 4.04. The predicted molar refractivity (Wildman–Crippen MR) is 111 cm³/mol. The zero-order valence-corrected chi connectivity index (χ0v) is 17.6. The van der Waals surface area contributed by atoms with Crippen LogP contribution in [-0.4, -0.2) is 20.2 Å². The largest absolute Gasteiger partial charge is 0.240 e. The van der Waals surface area contributed by atoms with Gasteiger partial charge in [-0.25, -0.2) is 9.97 Å². The van der Waals surface area contributed by atoms with E-state index in [2.05, 4.69) is 42.1 Å². The number of fused-ring (bicyclic) bond motifs is 1. The van der Waals surface area contributed by atoms with Crippen molar-refractivity contribution in [1.29, 1.82) is 0 Å². The van der Waals surface area contributed by atoms with E-state index in [-0.39, 0.29) is 10.3 Å². The Morgan fingerprint density at radius 3 is 1.27 bits per heavy atom. The maximum Gasteiger partial charge on any atom is 0.179 e. The molecule has 0 N–H and O–H groups in total. The lowest BCUT2D eigenvalue weighted by atomic mass is 10.0. The van der Waals surface area contributed by atoms with Gasteiger partial charge in [0.1, 0.15) is 11.0 Å². The minimum atomic E-state index is 0.164. The average molecular weight is 511 g/mol. The van der Waals surface area contributed by atoms with E-state index in [0.29, 0.717) is 22.4 Å². The SMILES string of the molecule is Clc1nnc(Cl)c2nc(-c3ccc(Br)cc3)c(-c3ccc(Br)cc3)nc12. The average Bonchev–Trinajstić information content (AvgIpc) is 2.65. The number of rotatable bonds is 2. The van der Waals surface area contributed by atoms with Crippen molar-refractivity contribution < 1.29 is 0 Å². The van der Waals surface area contributed by atoms with Crippen molar-refractivity contribution in [2.45, 2.75) is 0 Å². The molecule has 2 aromatic heterocycles. The zero-order valence-electron chi connectivity index (χ0n) is 12.9. The second-order valence-corrected chi connectivity index (χ2v) is 7.96. The molecule has 0 radical (unpaired) electrons. The molecule has 0 atom stereocenters. The molecule has 0 saturated heterocycles. The Morgan fingerprint density at radius 1 is 0.577 bits per heavy atom. The van der Waals surface area contributed by atoms with Crippen LogP contribution in [0.2, 0.25) is 10.3 Å². The molecule has 0 saturated carbocycles. The van der Waals surface area contributed by atoms with Crippen LogP contribution in [0.1, 0.15) is 0 Å². The lowest BCUT2D eigenvalue weighted by molar-refractivity contribution is 1.04. The quantitative estimate of drug-likeness (QED) is 0.305. The summed E-state index contributed by atoms with van der Waals surface area (Å²) in [6.45, 7) is 0. The highest BCUT2D eigenvalue weighted by atomic mass is 79.9. The van der Waals surface area contributed by atoms with Crippen molar-refractivity contribution in [3.63, 3.8) is 0 Å². The molecule has 0 amide bonds. The Kier molecular flexibility index (Phi) is 4.92. The van der Waals surface area contributed by atoms with Gasteiger partial charge in [0.15, 0.2) is 10.3 Å². The van der Waals surface area contributed by atoms with Gasteiger partial charge in [-0.05, 0) is 24.3 Å². The van der Waals surface area contributed by atoms with Crippen molar-refractivity contribution >= 4 is 66.1 Å². The first-order valence-electron chi connectivity index (χ1n) is 7.44. The van der Waals surface area contributed by atoms with Gasteiger partial charge in [0.25, 0.3) is 0 Å². The first-order valence-corrected chi connectivity index (χ1v) is 9.78. The van der Waals surface area contributed by atoms with Crippen molar-refractivity contribution in [2.75, 3.05) is 0 Å². The van der Waals surface area contributed by atoms with Crippen molar-refractivity contribution in [3.8, 4) is 22.5 Å². The van der Waals surface area contributed by atoms with Crippen LogP contribution < -0.4 is 0 Å². The molecule has 2 heterocycles. The third kappa shape index (κ3) is 3.34.